The predicted octanol–water partition coefficient (Wildman–Crippen LogP) is 5.29. The fourth-order valence-corrected chi connectivity index (χ4v) is 2.64. The van der Waals surface area contributed by atoms with Gasteiger partial charge in [-0.1, -0.05) is 35.9 Å². The highest BCUT2D eigenvalue weighted by Crippen LogP contribution is 2.22. The first-order chi connectivity index (χ1) is 12.9. The van der Waals surface area contributed by atoms with E-state index in [0.717, 1.165) is 5.56 Å². The Kier molecular flexibility index (Phi) is 5.52. The Hall–Kier alpha value is -3.18. The maximum absolute atomic E-state index is 13.2. The van der Waals surface area contributed by atoms with Crippen molar-refractivity contribution in [3.05, 3.63) is 94.3 Å². The van der Waals surface area contributed by atoms with E-state index in [4.69, 9.17) is 11.6 Å². The molecule has 2 N–H and O–H groups in total. The number of nitrogens with one attached hydrogen (secondary N) is 2. The van der Waals surface area contributed by atoms with Crippen LogP contribution in [0.15, 0.2) is 66.7 Å². The topological polar surface area (TPSA) is 58.2 Å². The second kappa shape index (κ2) is 8.01. The normalized spacial score (nSPS) is 10.3. The van der Waals surface area contributed by atoms with Crippen LogP contribution in [0.3, 0.4) is 0 Å². The zero-order valence-electron chi connectivity index (χ0n) is 14.4. The third-order valence-electron chi connectivity index (χ3n) is 3.96. The van der Waals surface area contributed by atoms with Crippen molar-refractivity contribution in [2.24, 2.45) is 0 Å². The SMILES string of the molecule is Cc1ccc(C(=O)Nc2ccc(F)c(Cl)c2)cc1NC(=O)c1ccccc1. The monoisotopic (exact) mass is 382 g/mol. The molecular weight excluding hydrogens is 367 g/mol. The first-order valence-electron chi connectivity index (χ1n) is 8.17. The van der Waals surface area contributed by atoms with Crippen LogP contribution in [0.4, 0.5) is 15.8 Å². The van der Waals surface area contributed by atoms with Crippen molar-refractivity contribution in [1.82, 2.24) is 0 Å². The lowest BCUT2D eigenvalue weighted by Crippen LogP contribution is -2.15. The van der Waals surface area contributed by atoms with Crippen LogP contribution in [0.25, 0.3) is 0 Å². The van der Waals surface area contributed by atoms with Crippen LogP contribution in [-0.4, -0.2) is 11.8 Å². The van der Waals surface area contributed by atoms with Crippen molar-refractivity contribution in [1.29, 1.82) is 0 Å². The quantitative estimate of drug-likeness (QED) is 0.644. The van der Waals surface area contributed by atoms with Gasteiger partial charge in [0.05, 0.1) is 5.02 Å². The Bertz CT molecular complexity index is 1010. The molecule has 0 fully saturated rings. The molecular formula is C21H16ClFN2O2. The van der Waals surface area contributed by atoms with Crippen molar-refractivity contribution in [3.63, 3.8) is 0 Å². The molecule has 2 amide bonds. The Morgan fingerprint density at radius 3 is 2.26 bits per heavy atom. The number of hydrogen-bond donors (Lipinski definition) is 2. The first-order valence-corrected chi connectivity index (χ1v) is 8.55. The number of aryl methyl sites for hydroxylation is 1. The molecule has 3 rings (SSSR count). The molecule has 0 unspecified atom stereocenters. The molecule has 0 saturated heterocycles. The minimum atomic E-state index is -0.559. The van der Waals surface area contributed by atoms with Crippen LogP contribution in [0, 0.1) is 12.7 Å². The van der Waals surface area contributed by atoms with E-state index in [1.165, 1.54) is 18.2 Å². The number of halogens is 2. The second-order valence-electron chi connectivity index (χ2n) is 5.93. The van der Waals surface area contributed by atoms with E-state index >= 15 is 0 Å². The number of hydrogen-bond acceptors (Lipinski definition) is 2. The molecule has 136 valence electrons. The smallest absolute Gasteiger partial charge is 0.255 e. The molecule has 0 aliphatic heterocycles. The van der Waals surface area contributed by atoms with Crippen molar-refractivity contribution < 1.29 is 14.0 Å². The molecule has 0 aliphatic rings. The van der Waals surface area contributed by atoms with Gasteiger partial charge in [0.1, 0.15) is 5.82 Å². The van der Waals surface area contributed by atoms with Crippen molar-refractivity contribution in [3.8, 4) is 0 Å². The van der Waals surface area contributed by atoms with Gasteiger partial charge in [-0.2, -0.15) is 0 Å². The largest absolute Gasteiger partial charge is 0.322 e. The first kappa shape index (κ1) is 18.6. The van der Waals surface area contributed by atoms with Crippen LogP contribution in [0.2, 0.25) is 5.02 Å². The van der Waals surface area contributed by atoms with E-state index in [1.807, 2.05) is 13.0 Å². The summed E-state index contributed by atoms with van der Waals surface area (Å²) >= 11 is 5.73. The van der Waals surface area contributed by atoms with E-state index in [2.05, 4.69) is 10.6 Å². The number of amides is 2. The van der Waals surface area contributed by atoms with Gasteiger partial charge < -0.3 is 10.6 Å². The molecule has 0 aliphatic carbocycles. The highest BCUT2D eigenvalue weighted by Gasteiger charge is 2.12. The average Bonchev–Trinajstić information content (AvgIpc) is 2.67. The molecule has 0 spiro atoms. The van der Waals surface area contributed by atoms with Crippen LogP contribution in [0.5, 0.6) is 0 Å². The highest BCUT2D eigenvalue weighted by molar-refractivity contribution is 6.31. The van der Waals surface area contributed by atoms with Gasteiger partial charge in [0, 0.05) is 22.5 Å². The summed E-state index contributed by atoms with van der Waals surface area (Å²) < 4.78 is 13.2. The molecule has 0 aromatic heterocycles. The molecule has 0 atom stereocenters. The summed E-state index contributed by atoms with van der Waals surface area (Å²) in [4.78, 5) is 24.8. The molecule has 3 aromatic carbocycles. The molecule has 0 heterocycles. The summed E-state index contributed by atoms with van der Waals surface area (Å²) in [5.41, 5.74) is 2.60. The predicted molar refractivity (Wildman–Crippen MR) is 105 cm³/mol. The van der Waals surface area contributed by atoms with Crippen LogP contribution >= 0.6 is 11.6 Å². The van der Waals surface area contributed by atoms with Crippen molar-refractivity contribution in [2.75, 3.05) is 10.6 Å². The van der Waals surface area contributed by atoms with Crippen LogP contribution in [0.1, 0.15) is 26.3 Å². The molecule has 4 nitrogen and oxygen atoms in total. The molecule has 0 saturated carbocycles. The Morgan fingerprint density at radius 2 is 1.56 bits per heavy atom. The van der Waals surface area contributed by atoms with E-state index in [9.17, 15) is 14.0 Å². The number of anilines is 2. The summed E-state index contributed by atoms with van der Waals surface area (Å²) in [5.74, 6) is -1.22. The van der Waals surface area contributed by atoms with Gasteiger partial charge in [0.2, 0.25) is 0 Å². The molecule has 0 bridgehead atoms. The van der Waals surface area contributed by atoms with Gasteiger partial charge >= 0.3 is 0 Å². The standard InChI is InChI=1S/C21H16ClFN2O2/c1-13-7-8-15(21(27)24-16-9-10-18(23)17(22)12-16)11-19(13)25-20(26)14-5-3-2-4-6-14/h2-12H,1H3,(H,24,27)(H,25,26). The number of carbonyl (C=O) groups excluding carboxylic acids is 2. The van der Waals surface area contributed by atoms with Crippen molar-refractivity contribution >= 4 is 34.8 Å². The average molecular weight is 383 g/mol. The van der Waals surface area contributed by atoms with E-state index in [-0.39, 0.29) is 10.9 Å². The fraction of sp³-hybridized carbons (Fsp3) is 0.0476. The summed E-state index contributed by atoms with van der Waals surface area (Å²) in [6.07, 6.45) is 0. The number of benzene rings is 3. The molecule has 6 heteroatoms. The zero-order chi connectivity index (χ0) is 19.4. The molecule has 3 aromatic rings. The van der Waals surface area contributed by atoms with Gasteiger partial charge in [-0.15, -0.1) is 0 Å². The lowest BCUT2D eigenvalue weighted by atomic mass is 10.1. The van der Waals surface area contributed by atoms with Gasteiger partial charge in [-0.3, -0.25) is 9.59 Å². The van der Waals surface area contributed by atoms with Gasteiger partial charge in [-0.05, 0) is 55.0 Å². The Balaban J connectivity index is 1.78. The number of carbonyl (C=O) groups is 2. The van der Waals surface area contributed by atoms with E-state index in [0.29, 0.717) is 22.5 Å². The summed E-state index contributed by atoms with van der Waals surface area (Å²) in [5, 5.41) is 5.39. The third kappa shape index (κ3) is 4.51. The van der Waals surface area contributed by atoms with Crippen LogP contribution < -0.4 is 10.6 Å². The van der Waals surface area contributed by atoms with Gasteiger partial charge in [0.25, 0.3) is 11.8 Å². The fourth-order valence-electron chi connectivity index (χ4n) is 2.46. The molecule has 27 heavy (non-hydrogen) atoms. The summed E-state index contributed by atoms with van der Waals surface area (Å²) in [6.45, 7) is 1.84. The lowest BCUT2D eigenvalue weighted by molar-refractivity contribution is 0.101. The molecule has 0 radical (unpaired) electrons. The zero-order valence-corrected chi connectivity index (χ0v) is 15.2. The minimum Gasteiger partial charge on any atom is -0.322 e. The Labute approximate surface area is 161 Å². The van der Waals surface area contributed by atoms with Crippen LogP contribution in [-0.2, 0) is 0 Å². The Morgan fingerprint density at radius 1 is 0.852 bits per heavy atom. The van der Waals surface area contributed by atoms with Crippen molar-refractivity contribution in [2.45, 2.75) is 6.92 Å². The number of rotatable bonds is 4. The second-order valence-corrected chi connectivity index (χ2v) is 6.34. The maximum Gasteiger partial charge on any atom is 0.255 e. The third-order valence-corrected chi connectivity index (χ3v) is 4.25. The maximum atomic E-state index is 13.2. The van der Waals surface area contributed by atoms with E-state index in [1.54, 1.807) is 42.5 Å². The van der Waals surface area contributed by atoms with Gasteiger partial charge in [-0.25, -0.2) is 4.39 Å². The highest BCUT2D eigenvalue weighted by atomic mass is 35.5. The lowest BCUT2D eigenvalue weighted by Gasteiger charge is -2.11. The summed E-state index contributed by atoms with van der Waals surface area (Å²) in [7, 11) is 0. The van der Waals surface area contributed by atoms with Gasteiger partial charge in [0.15, 0.2) is 0 Å². The summed E-state index contributed by atoms with van der Waals surface area (Å²) in [6, 6.07) is 17.7. The van der Waals surface area contributed by atoms with E-state index < -0.39 is 11.7 Å². The minimum absolute atomic E-state index is 0.0764.